The van der Waals surface area contributed by atoms with Crippen LogP contribution in [0.15, 0.2) is 23.2 Å². The normalized spacial score (nSPS) is 9.29. The Morgan fingerprint density at radius 2 is 2.21 bits per heavy atom. The van der Waals surface area contributed by atoms with Crippen molar-refractivity contribution >= 4 is 17.4 Å². The minimum absolute atomic E-state index is 0.550. The van der Waals surface area contributed by atoms with Gasteiger partial charge in [-0.1, -0.05) is 12.1 Å². The summed E-state index contributed by atoms with van der Waals surface area (Å²) in [6, 6.07) is 6.01. The molecule has 0 N–H and O–H groups in total. The Bertz CT molecular complexity index is 356. The van der Waals surface area contributed by atoms with Gasteiger partial charge in [-0.05, 0) is 43.3 Å². The zero-order valence-corrected chi connectivity index (χ0v) is 9.23. The fourth-order valence-corrected chi connectivity index (χ4v) is 1.22. The Kier molecular flexibility index (Phi) is 4.30. The van der Waals surface area contributed by atoms with Crippen LogP contribution < -0.4 is 4.74 Å². The number of benzene rings is 1. The molecule has 0 fully saturated rings. The van der Waals surface area contributed by atoms with Crippen LogP contribution in [0.3, 0.4) is 0 Å². The molecule has 0 aliphatic heterocycles. The van der Waals surface area contributed by atoms with E-state index in [1.165, 1.54) is 11.1 Å². The van der Waals surface area contributed by atoms with E-state index < -0.39 is 0 Å². The van der Waals surface area contributed by atoms with Gasteiger partial charge in [-0.25, -0.2) is 4.99 Å². The topological polar surface area (TPSA) is 21.6 Å². The third-order valence-electron chi connectivity index (χ3n) is 2.08. The van der Waals surface area contributed by atoms with E-state index >= 15 is 0 Å². The van der Waals surface area contributed by atoms with Crippen LogP contribution in [-0.4, -0.2) is 18.3 Å². The lowest BCUT2D eigenvalue weighted by Gasteiger charge is -2.09. The highest BCUT2D eigenvalue weighted by Crippen LogP contribution is 2.20. The van der Waals surface area contributed by atoms with Crippen molar-refractivity contribution in [2.75, 3.05) is 13.2 Å². The van der Waals surface area contributed by atoms with Crippen LogP contribution in [0, 0.1) is 13.8 Å². The maximum absolute atomic E-state index is 5.54. The molecule has 0 bridgehead atoms. The van der Waals surface area contributed by atoms with E-state index in [-0.39, 0.29) is 0 Å². The fourth-order valence-electron chi connectivity index (χ4n) is 1.13. The number of hydrogen-bond donors (Lipinski definition) is 0. The van der Waals surface area contributed by atoms with Crippen molar-refractivity contribution in [1.82, 2.24) is 0 Å². The Morgan fingerprint density at radius 1 is 1.43 bits per heavy atom. The van der Waals surface area contributed by atoms with E-state index in [9.17, 15) is 0 Å². The molecule has 2 nitrogen and oxygen atoms in total. The van der Waals surface area contributed by atoms with E-state index in [0.717, 1.165) is 5.75 Å². The Labute approximate surface area is 89.6 Å². The molecular weight excluding hydrogens is 194 g/mol. The van der Waals surface area contributed by atoms with Crippen molar-refractivity contribution < 1.29 is 4.74 Å². The molecule has 0 aromatic heterocycles. The largest absolute Gasteiger partial charge is 0.491 e. The maximum atomic E-state index is 5.54. The summed E-state index contributed by atoms with van der Waals surface area (Å²) in [5, 5.41) is 2.31. The van der Waals surface area contributed by atoms with Gasteiger partial charge in [0.15, 0.2) is 0 Å². The molecule has 1 aromatic rings. The third-order valence-corrected chi connectivity index (χ3v) is 2.21. The van der Waals surface area contributed by atoms with Gasteiger partial charge in [-0.3, -0.25) is 0 Å². The molecule has 1 aromatic carbocycles. The van der Waals surface area contributed by atoms with Gasteiger partial charge in [0.25, 0.3) is 0 Å². The summed E-state index contributed by atoms with van der Waals surface area (Å²) in [5.74, 6) is 0.921. The molecule has 0 saturated heterocycles. The van der Waals surface area contributed by atoms with Crippen molar-refractivity contribution in [3.05, 3.63) is 29.3 Å². The number of isothiocyanates is 1. The zero-order chi connectivity index (χ0) is 10.4. The van der Waals surface area contributed by atoms with Crippen LogP contribution in [-0.2, 0) is 0 Å². The van der Waals surface area contributed by atoms with Crippen LogP contribution in [0.1, 0.15) is 11.1 Å². The van der Waals surface area contributed by atoms with Gasteiger partial charge in [0.2, 0.25) is 0 Å². The van der Waals surface area contributed by atoms with Crippen molar-refractivity contribution in [3.8, 4) is 5.75 Å². The second-order valence-electron chi connectivity index (χ2n) is 3.02. The van der Waals surface area contributed by atoms with Crippen molar-refractivity contribution in [2.45, 2.75) is 13.8 Å². The van der Waals surface area contributed by atoms with Gasteiger partial charge in [-0.15, -0.1) is 0 Å². The minimum atomic E-state index is 0.550. The maximum Gasteiger partial charge on any atom is 0.122 e. The summed E-state index contributed by atoms with van der Waals surface area (Å²) in [7, 11) is 0. The van der Waals surface area contributed by atoms with Crippen molar-refractivity contribution in [1.29, 1.82) is 0 Å². The number of aryl methyl sites for hydroxylation is 1. The first-order valence-corrected chi connectivity index (χ1v) is 4.89. The predicted octanol–water partition coefficient (Wildman–Crippen LogP) is 2.79. The van der Waals surface area contributed by atoms with E-state index in [1.807, 2.05) is 19.1 Å². The summed E-state index contributed by atoms with van der Waals surface area (Å²) in [4.78, 5) is 3.78. The lowest BCUT2D eigenvalue weighted by Crippen LogP contribution is -2.02. The zero-order valence-electron chi connectivity index (χ0n) is 8.41. The lowest BCUT2D eigenvalue weighted by atomic mass is 10.1. The Balaban J connectivity index is 2.58. The number of thiocarbonyl (C=S) groups is 1. The first-order valence-electron chi connectivity index (χ1n) is 4.48. The molecule has 0 heterocycles. The van der Waals surface area contributed by atoms with Crippen LogP contribution in [0.25, 0.3) is 0 Å². The molecule has 0 saturated carbocycles. The van der Waals surface area contributed by atoms with E-state index in [0.29, 0.717) is 13.2 Å². The molecule has 14 heavy (non-hydrogen) atoms. The summed E-state index contributed by atoms with van der Waals surface area (Å²) in [5.41, 5.74) is 2.42. The molecule has 3 heteroatoms. The van der Waals surface area contributed by atoms with E-state index in [2.05, 4.69) is 35.4 Å². The van der Waals surface area contributed by atoms with E-state index in [4.69, 9.17) is 4.74 Å². The second kappa shape index (κ2) is 5.53. The monoisotopic (exact) mass is 207 g/mol. The molecule has 0 spiro atoms. The summed E-state index contributed by atoms with van der Waals surface area (Å²) in [6.07, 6.45) is 0. The predicted molar refractivity (Wildman–Crippen MR) is 61.3 cm³/mol. The van der Waals surface area contributed by atoms with Gasteiger partial charge in [0, 0.05) is 0 Å². The smallest absolute Gasteiger partial charge is 0.122 e. The SMILES string of the molecule is Cc1cccc(OCCN=C=S)c1C. The van der Waals surface area contributed by atoms with Crippen LogP contribution in [0.5, 0.6) is 5.75 Å². The molecule has 1 rings (SSSR count). The average molecular weight is 207 g/mol. The summed E-state index contributed by atoms with van der Waals surface area (Å²) in [6.45, 7) is 5.23. The van der Waals surface area contributed by atoms with Crippen LogP contribution >= 0.6 is 12.2 Å². The Hall–Kier alpha value is -1.18. The van der Waals surface area contributed by atoms with Crippen molar-refractivity contribution in [2.24, 2.45) is 4.99 Å². The lowest BCUT2D eigenvalue weighted by molar-refractivity contribution is 0.326. The first-order chi connectivity index (χ1) is 6.75. The van der Waals surface area contributed by atoms with E-state index in [1.54, 1.807) is 0 Å². The number of aliphatic imine (C=N–C) groups is 1. The average Bonchev–Trinajstić information content (AvgIpc) is 2.19. The summed E-state index contributed by atoms with van der Waals surface area (Å²) < 4.78 is 5.54. The standard InChI is InChI=1S/C11H13NOS/c1-9-4-3-5-11(10(9)2)13-7-6-12-8-14/h3-5H,6-7H2,1-2H3. The van der Waals surface area contributed by atoms with Crippen LogP contribution in [0.2, 0.25) is 0 Å². The quantitative estimate of drug-likeness (QED) is 0.430. The fraction of sp³-hybridized carbons (Fsp3) is 0.364. The molecule has 0 aliphatic rings. The van der Waals surface area contributed by atoms with Gasteiger partial charge < -0.3 is 4.74 Å². The number of nitrogens with zero attached hydrogens (tertiary/aromatic N) is 1. The Morgan fingerprint density at radius 3 is 2.93 bits per heavy atom. The van der Waals surface area contributed by atoms with Gasteiger partial charge in [0.1, 0.15) is 12.4 Å². The van der Waals surface area contributed by atoms with Gasteiger partial charge >= 0.3 is 0 Å². The molecule has 0 atom stereocenters. The highest BCUT2D eigenvalue weighted by molar-refractivity contribution is 7.78. The minimum Gasteiger partial charge on any atom is -0.491 e. The molecule has 0 amide bonds. The van der Waals surface area contributed by atoms with Crippen molar-refractivity contribution in [3.63, 3.8) is 0 Å². The van der Waals surface area contributed by atoms with Gasteiger partial charge in [0.05, 0.1) is 11.7 Å². The second-order valence-corrected chi connectivity index (χ2v) is 3.20. The highest BCUT2D eigenvalue weighted by atomic mass is 32.1. The third kappa shape index (κ3) is 2.95. The molecule has 0 aliphatic carbocycles. The molecule has 0 radical (unpaired) electrons. The number of ether oxygens (including phenoxy) is 1. The first kappa shape index (κ1) is 10.9. The van der Waals surface area contributed by atoms with Gasteiger partial charge in [-0.2, -0.15) is 0 Å². The molecule has 74 valence electrons. The number of hydrogen-bond acceptors (Lipinski definition) is 3. The highest BCUT2D eigenvalue weighted by Gasteiger charge is 2.00. The summed E-state index contributed by atoms with van der Waals surface area (Å²) >= 11 is 4.46. The molecular formula is C11H13NOS. The van der Waals surface area contributed by atoms with Crippen LogP contribution in [0.4, 0.5) is 0 Å². The number of rotatable bonds is 4. The molecule has 0 unspecified atom stereocenters.